The second-order valence-electron chi connectivity index (χ2n) is 6.97. The quantitative estimate of drug-likeness (QED) is 0.598. The monoisotopic (exact) mass is 436 g/mol. The summed E-state index contributed by atoms with van der Waals surface area (Å²) in [5.74, 6) is 0. The van der Waals surface area contributed by atoms with Gasteiger partial charge in [0.25, 0.3) is 0 Å². The molecular formula is C21H24Cl2Zr. The zero-order valence-electron chi connectivity index (χ0n) is 14.4. The third-order valence-corrected chi connectivity index (χ3v) is 13.7. The van der Waals surface area contributed by atoms with Crippen molar-refractivity contribution in [1.82, 2.24) is 0 Å². The third kappa shape index (κ3) is 3.37. The average molecular weight is 439 g/mol. The summed E-state index contributed by atoms with van der Waals surface area (Å²) >= 11 is -1.78. The summed E-state index contributed by atoms with van der Waals surface area (Å²) in [5, 5.41) is 0. The molecule has 1 unspecified atom stereocenters. The average Bonchev–Trinajstić information content (AvgIpc) is 3.16. The first kappa shape index (κ1) is 20.1. The Hall–Kier alpha value is -0.227. The predicted molar refractivity (Wildman–Crippen MR) is 92.8 cm³/mol. The van der Waals surface area contributed by atoms with Crippen molar-refractivity contribution in [2.24, 2.45) is 0 Å². The van der Waals surface area contributed by atoms with Gasteiger partial charge in [0.2, 0.25) is 0 Å². The second kappa shape index (κ2) is 8.44. The van der Waals surface area contributed by atoms with Crippen molar-refractivity contribution in [3.05, 3.63) is 62.5 Å². The third-order valence-electron chi connectivity index (χ3n) is 5.40. The summed E-state index contributed by atoms with van der Waals surface area (Å²) in [4.78, 5) is 0. The van der Waals surface area contributed by atoms with E-state index in [0.717, 1.165) is 3.63 Å². The molecule has 0 fully saturated rings. The fourth-order valence-electron chi connectivity index (χ4n) is 4.54. The Kier molecular flexibility index (Phi) is 7.06. The van der Waals surface area contributed by atoms with E-state index >= 15 is 0 Å². The van der Waals surface area contributed by atoms with Gasteiger partial charge in [0, 0.05) is 0 Å². The topological polar surface area (TPSA) is 0 Å². The maximum atomic E-state index is 2.45. The number of benzene rings is 1. The number of allylic oxidation sites excluding steroid dienone is 6. The molecule has 0 radical (unpaired) electrons. The van der Waals surface area contributed by atoms with Crippen LogP contribution in [0, 0.1) is 0 Å². The van der Waals surface area contributed by atoms with Crippen LogP contribution in [0.15, 0.2) is 51.3 Å². The summed E-state index contributed by atoms with van der Waals surface area (Å²) in [6.07, 6.45) is 13.8. The normalized spacial score (nSPS) is 20.2. The maximum absolute atomic E-state index is 2.45. The number of hydrogen-bond donors (Lipinski definition) is 0. The van der Waals surface area contributed by atoms with Gasteiger partial charge in [0.1, 0.15) is 0 Å². The fourth-order valence-corrected chi connectivity index (χ4v) is 13.0. The molecule has 0 amide bonds. The van der Waals surface area contributed by atoms with Gasteiger partial charge in [-0.15, -0.1) is 0 Å². The van der Waals surface area contributed by atoms with Gasteiger partial charge in [-0.05, 0) is 0 Å². The Balaban J connectivity index is 0.00000104. The Morgan fingerprint density at radius 1 is 1.04 bits per heavy atom. The molecule has 0 heterocycles. The Bertz CT molecular complexity index is 749. The van der Waals surface area contributed by atoms with Gasteiger partial charge in [0.05, 0.1) is 0 Å². The molecule has 3 heteroatoms. The summed E-state index contributed by atoms with van der Waals surface area (Å²) < 4.78 is 4.36. The minimum absolute atomic E-state index is 0. The molecular weight excluding hydrogens is 414 g/mol. The van der Waals surface area contributed by atoms with E-state index in [0.29, 0.717) is 0 Å². The largest absolute Gasteiger partial charge is 1.00 e. The first-order valence-corrected chi connectivity index (χ1v) is 12.5. The van der Waals surface area contributed by atoms with E-state index in [2.05, 4.69) is 56.3 Å². The van der Waals surface area contributed by atoms with E-state index in [1.165, 1.54) is 32.1 Å². The number of fused-ring (bicyclic) bond motifs is 2. The van der Waals surface area contributed by atoms with E-state index in [1.54, 1.807) is 23.2 Å². The van der Waals surface area contributed by atoms with E-state index in [1.807, 2.05) is 5.57 Å². The number of hydrogen-bond acceptors (Lipinski definition) is 0. The van der Waals surface area contributed by atoms with Crippen molar-refractivity contribution in [2.75, 3.05) is 0 Å². The number of halogens is 2. The van der Waals surface area contributed by atoms with Crippen LogP contribution < -0.4 is 24.8 Å². The molecule has 0 saturated heterocycles. The Labute approximate surface area is 166 Å². The van der Waals surface area contributed by atoms with Crippen LogP contribution in [0.5, 0.6) is 0 Å². The van der Waals surface area contributed by atoms with Gasteiger partial charge in [0.15, 0.2) is 0 Å². The second-order valence-corrected chi connectivity index (χ2v) is 14.5. The summed E-state index contributed by atoms with van der Waals surface area (Å²) in [6, 6.07) is 9.33. The van der Waals surface area contributed by atoms with Crippen LogP contribution in [0.2, 0.25) is 0 Å². The summed E-state index contributed by atoms with van der Waals surface area (Å²) in [5.41, 5.74) is 6.86. The van der Waals surface area contributed by atoms with E-state index < -0.39 is 21.3 Å². The van der Waals surface area contributed by atoms with Gasteiger partial charge >= 0.3 is 142 Å². The van der Waals surface area contributed by atoms with Crippen molar-refractivity contribution >= 4 is 8.78 Å². The van der Waals surface area contributed by atoms with Crippen molar-refractivity contribution in [2.45, 2.75) is 49.6 Å². The summed E-state index contributed by atoms with van der Waals surface area (Å²) in [6.45, 7) is 4.83. The number of rotatable bonds is 2. The van der Waals surface area contributed by atoms with Crippen molar-refractivity contribution in [1.29, 1.82) is 0 Å². The SMILES string of the molecule is C[C](C)=[Zr+2]([C]1=CC=CC1)[CH]1C2=C(CCCC2)c2ccccc21.[Cl-].[Cl-]. The van der Waals surface area contributed by atoms with Crippen molar-refractivity contribution in [3.8, 4) is 0 Å². The van der Waals surface area contributed by atoms with Crippen LogP contribution in [0.25, 0.3) is 5.57 Å². The molecule has 1 aromatic rings. The van der Waals surface area contributed by atoms with Crippen LogP contribution >= 0.6 is 0 Å². The van der Waals surface area contributed by atoms with E-state index in [-0.39, 0.29) is 24.8 Å². The molecule has 1 atom stereocenters. The van der Waals surface area contributed by atoms with Gasteiger partial charge in [-0.2, -0.15) is 0 Å². The fraction of sp³-hybridized carbons (Fsp3) is 0.381. The van der Waals surface area contributed by atoms with Crippen LogP contribution in [-0.4, -0.2) is 3.21 Å². The van der Waals surface area contributed by atoms with Crippen molar-refractivity contribution < 1.29 is 46.1 Å². The molecule has 0 N–H and O–H groups in total. The maximum Gasteiger partial charge on any atom is -1.00 e. The molecule has 0 saturated carbocycles. The predicted octanol–water partition coefficient (Wildman–Crippen LogP) is -0.249. The van der Waals surface area contributed by atoms with Crippen molar-refractivity contribution in [3.63, 3.8) is 0 Å². The minimum atomic E-state index is -1.78. The minimum Gasteiger partial charge on any atom is -1.00 e. The van der Waals surface area contributed by atoms with Crippen LogP contribution in [0.1, 0.15) is 60.7 Å². The zero-order valence-corrected chi connectivity index (χ0v) is 18.4. The van der Waals surface area contributed by atoms with Crippen LogP contribution in [0.4, 0.5) is 0 Å². The molecule has 24 heavy (non-hydrogen) atoms. The molecule has 1 aromatic carbocycles. The Morgan fingerprint density at radius 3 is 2.50 bits per heavy atom. The van der Waals surface area contributed by atoms with Gasteiger partial charge < -0.3 is 24.8 Å². The van der Waals surface area contributed by atoms with E-state index in [9.17, 15) is 0 Å². The molecule has 0 aliphatic heterocycles. The molecule has 0 spiro atoms. The van der Waals surface area contributed by atoms with Crippen LogP contribution in [-0.2, 0) is 21.3 Å². The smallest absolute Gasteiger partial charge is 1.00 e. The van der Waals surface area contributed by atoms with Gasteiger partial charge in [-0.3, -0.25) is 0 Å². The zero-order chi connectivity index (χ0) is 15.1. The molecule has 0 nitrogen and oxygen atoms in total. The molecule has 0 aromatic heterocycles. The first-order valence-electron chi connectivity index (χ1n) is 8.62. The molecule has 126 valence electrons. The summed E-state index contributed by atoms with van der Waals surface area (Å²) in [7, 11) is 0. The van der Waals surface area contributed by atoms with Crippen LogP contribution in [0.3, 0.4) is 0 Å². The standard InChI is InChI=1S/C13H13.C5H5.C3H6.2ClH.Zr/c1-3-7-12-10(5-1)9-11-6-2-4-8-13(11)12;1-2-4-5-3-1;1-3-2;;;/h1,3,5,7,9H,2,4,6,8H2;1-3H,4H2;1-2H3;2*1H;/q;;;;;+2/p-2. The molecule has 3 aliphatic rings. The molecule has 0 bridgehead atoms. The first-order chi connectivity index (χ1) is 10.8. The van der Waals surface area contributed by atoms with E-state index in [4.69, 9.17) is 0 Å². The molecule has 3 aliphatic carbocycles. The Morgan fingerprint density at radius 2 is 1.79 bits per heavy atom. The molecule has 4 rings (SSSR count). The van der Waals surface area contributed by atoms with Gasteiger partial charge in [-0.25, -0.2) is 0 Å². The van der Waals surface area contributed by atoms with Gasteiger partial charge in [-0.1, -0.05) is 0 Å².